The number of nitrogens with zero attached hydrogens (tertiary/aromatic N) is 1. The third-order valence-corrected chi connectivity index (χ3v) is 10.6. The van der Waals surface area contributed by atoms with E-state index in [4.69, 9.17) is 33.7 Å². The van der Waals surface area contributed by atoms with E-state index in [9.17, 15) is 13.6 Å². The van der Waals surface area contributed by atoms with Gasteiger partial charge in [-0.2, -0.15) is 0 Å². The number of hydrogen-bond donors (Lipinski definition) is 1. The summed E-state index contributed by atoms with van der Waals surface area (Å²) in [5.41, 5.74) is 7.21. The van der Waals surface area contributed by atoms with Crippen molar-refractivity contribution in [3.8, 4) is 0 Å². The molecule has 1 spiro atoms. The Hall–Kier alpha value is -3.52. The molecule has 9 heteroatoms. The second-order valence-corrected chi connectivity index (χ2v) is 13.5. The standard InChI is InChI=1S/C36H31Cl2F3N2O2/c37-23-14-15-24(27(42)16-23)29-28(25-12-7-13-26(38)30(25)41)32-34(44)45-33(22-10-5-2-6-11-22)31(21-8-3-1-4-9-21)43(32)36(29)17-35(18-36,19-39)20-40/h1-16,28-29,31-33H,17-20,42H2/t28-,29?,31-,32-,33+/m1/s1. The largest absolute Gasteiger partial charge is 0.454 e. The molecule has 2 aliphatic heterocycles. The molecular weight excluding hydrogens is 620 g/mol. The number of ether oxygens (including phenoxy) is 1. The lowest BCUT2D eigenvalue weighted by Crippen LogP contribution is -2.67. The van der Waals surface area contributed by atoms with Crippen molar-refractivity contribution in [1.82, 2.24) is 4.90 Å². The van der Waals surface area contributed by atoms with Crippen LogP contribution < -0.4 is 5.73 Å². The summed E-state index contributed by atoms with van der Waals surface area (Å²) in [5, 5.41) is 0.317. The number of alkyl halides is 2. The molecule has 3 fully saturated rings. The first-order valence-corrected chi connectivity index (χ1v) is 15.7. The van der Waals surface area contributed by atoms with E-state index in [0.717, 1.165) is 11.1 Å². The maximum absolute atomic E-state index is 16.1. The third-order valence-electron chi connectivity index (χ3n) is 10.1. The van der Waals surface area contributed by atoms with Crippen molar-refractivity contribution < 1.29 is 22.7 Å². The van der Waals surface area contributed by atoms with Crippen LogP contribution in [-0.2, 0) is 9.53 Å². The number of anilines is 1. The number of carbonyl (C=O) groups excluding carboxylic acids is 1. The molecule has 4 nitrogen and oxygen atoms in total. The molecular formula is C36H31Cl2F3N2O2. The second kappa shape index (κ2) is 11.4. The lowest BCUT2D eigenvalue weighted by molar-refractivity contribution is -0.196. The minimum atomic E-state index is -1.25. The molecule has 2 saturated heterocycles. The molecule has 0 aromatic heterocycles. The summed E-state index contributed by atoms with van der Waals surface area (Å²) in [5.74, 6) is -2.71. The Morgan fingerprint density at radius 2 is 1.47 bits per heavy atom. The number of morpholine rings is 1. The van der Waals surface area contributed by atoms with E-state index in [1.54, 1.807) is 30.3 Å². The fourth-order valence-corrected chi connectivity index (χ4v) is 8.80. The van der Waals surface area contributed by atoms with Crippen molar-refractivity contribution >= 4 is 34.9 Å². The molecule has 4 aromatic carbocycles. The highest BCUT2D eigenvalue weighted by atomic mass is 35.5. The van der Waals surface area contributed by atoms with Crippen LogP contribution >= 0.6 is 23.2 Å². The van der Waals surface area contributed by atoms with Gasteiger partial charge in [0.25, 0.3) is 0 Å². The number of halogens is 5. The van der Waals surface area contributed by atoms with Crippen molar-refractivity contribution in [1.29, 1.82) is 0 Å². The van der Waals surface area contributed by atoms with Gasteiger partial charge in [0.15, 0.2) is 0 Å². The first-order valence-electron chi connectivity index (χ1n) is 14.9. The van der Waals surface area contributed by atoms with Gasteiger partial charge >= 0.3 is 5.97 Å². The number of hydrogen-bond acceptors (Lipinski definition) is 4. The Balaban J connectivity index is 1.54. The molecule has 1 saturated carbocycles. The predicted octanol–water partition coefficient (Wildman–Crippen LogP) is 8.76. The van der Waals surface area contributed by atoms with Crippen LogP contribution in [0.1, 0.15) is 59.1 Å². The zero-order valence-corrected chi connectivity index (χ0v) is 25.7. The fourth-order valence-electron chi connectivity index (χ4n) is 8.43. The van der Waals surface area contributed by atoms with Crippen LogP contribution in [0.4, 0.5) is 18.9 Å². The molecule has 2 N–H and O–H groups in total. The third kappa shape index (κ3) is 4.65. The molecule has 5 atom stereocenters. The number of cyclic esters (lactones) is 1. The molecule has 1 aliphatic carbocycles. The van der Waals surface area contributed by atoms with E-state index >= 15 is 4.39 Å². The lowest BCUT2D eigenvalue weighted by Gasteiger charge is -2.62. The zero-order valence-electron chi connectivity index (χ0n) is 24.2. The van der Waals surface area contributed by atoms with E-state index in [1.807, 2.05) is 60.7 Å². The molecule has 1 unspecified atom stereocenters. The summed E-state index contributed by atoms with van der Waals surface area (Å²) in [6, 6.07) is 27.3. The average Bonchev–Trinajstić information content (AvgIpc) is 3.33. The zero-order chi connectivity index (χ0) is 31.5. The summed E-state index contributed by atoms with van der Waals surface area (Å²) in [6.07, 6.45) is -0.564. The Bertz CT molecular complexity index is 1730. The normalized spacial score (nSPS) is 26.7. The molecule has 0 radical (unpaired) electrons. The number of benzene rings is 4. The van der Waals surface area contributed by atoms with Gasteiger partial charge in [0.05, 0.1) is 24.4 Å². The van der Waals surface area contributed by atoms with Crippen LogP contribution in [0.5, 0.6) is 0 Å². The van der Waals surface area contributed by atoms with Crippen LogP contribution in [0.2, 0.25) is 10.0 Å². The average molecular weight is 652 g/mol. The van der Waals surface area contributed by atoms with Gasteiger partial charge in [-0.15, -0.1) is 0 Å². The van der Waals surface area contributed by atoms with Gasteiger partial charge in [-0.25, -0.2) is 4.39 Å². The Morgan fingerprint density at radius 1 is 0.822 bits per heavy atom. The van der Waals surface area contributed by atoms with Crippen molar-refractivity contribution in [3.63, 3.8) is 0 Å². The molecule has 7 rings (SSSR count). The van der Waals surface area contributed by atoms with E-state index in [0.29, 0.717) is 16.3 Å². The molecule has 0 amide bonds. The Labute approximate surface area is 269 Å². The number of fused-ring (bicyclic) bond motifs is 2. The van der Waals surface area contributed by atoms with Crippen LogP contribution in [0.15, 0.2) is 97.1 Å². The number of rotatable bonds is 6. The van der Waals surface area contributed by atoms with Gasteiger partial charge in [-0.05, 0) is 53.3 Å². The minimum Gasteiger partial charge on any atom is -0.454 e. The van der Waals surface area contributed by atoms with Crippen molar-refractivity contribution in [2.45, 2.75) is 48.4 Å². The topological polar surface area (TPSA) is 55.6 Å². The van der Waals surface area contributed by atoms with Gasteiger partial charge in [-0.3, -0.25) is 18.5 Å². The van der Waals surface area contributed by atoms with Crippen LogP contribution in [0.25, 0.3) is 0 Å². The molecule has 45 heavy (non-hydrogen) atoms. The Kier molecular flexibility index (Phi) is 7.62. The van der Waals surface area contributed by atoms with Gasteiger partial charge in [0.2, 0.25) is 0 Å². The van der Waals surface area contributed by atoms with Gasteiger partial charge in [0, 0.05) is 33.5 Å². The van der Waals surface area contributed by atoms with E-state index < -0.39 is 66.1 Å². The maximum atomic E-state index is 16.1. The highest BCUT2D eigenvalue weighted by Gasteiger charge is 2.73. The van der Waals surface area contributed by atoms with E-state index in [2.05, 4.69) is 4.90 Å². The summed E-state index contributed by atoms with van der Waals surface area (Å²) < 4.78 is 51.9. The second-order valence-electron chi connectivity index (χ2n) is 12.6. The smallest absolute Gasteiger partial charge is 0.324 e. The van der Waals surface area contributed by atoms with Crippen LogP contribution in [-0.4, -0.2) is 35.8 Å². The molecule has 4 aromatic rings. The molecule has 3 aliphatic rings. The number of nitrogen functional groups attached to an aromatic ring is 1. The fraction of sp³-hybridized carbons (Fsp3) is 0.306. The lowest BCUT2D eigenvalue weighted by atomic mass is 9.51. The number of carbonyl (C=O) groups is 1. The van der Waals surface area contributed by atoms with Crippen LogP contribution in [0.3, 0.4) is 0 Å². The SMILES string of the molecule is Nc1cc(Cl)ccc1C1[C@@H](c2cccc(Cl)c2F)[C@@H]2C(=O)O[C@@H](c3ccccc3)[C@@H](c3ccccc3)N2C12CC(CF)(CF)C2. The number of nitrogens with two attached hydrogens (primary N) is 1. The van der Waals surface area contributed by atoms with Gasteiger partial charge in [0.1, 0.15) is 18.0 Å². The van der Waals surface area contributed by atoms with E-state index in [1.165, 1.54) is 6.07 Å². The summed E-state index contributed by atoms with van der Waals surface area (Å²) >= 11 is 12.7. The van der Waals surface area contributed by atoms with E-state index in [-0.39, 0.29) is 23.4 Å². The summed E-state index contributed by atoms with van der Waals surface area (Å²) in [4.78, 5) is 16.5. The maximum Gasteiger partial charge on any atom is 0.324 e. The first kappa shape index (κ1) is 30.2. The quantitative estimate of drug-likeness (QED) is 0.167. The molecule has 2 heterocycles. The van der Waals surface area contributed by atoms with Crippen molar-refractivity contribution in [2.24, 2.45) is 5.41 Å². The Morgan fingerprint density at radius 3 is 2.09 bits per heavy atom. The predicted molar refractivity (Wildman–Crippen MR) is 169 cm³/mol. The highest BCUT2D eigenvalue weighted by molar-refractivity contribution is 6.31. The first-order chi connectivity index (χ1) is 21.7. The van der Waals surface area contributed by atoms with Crippen LogP contribution in [0, 0.1) is 11.2 Å². The molecule has 232 valence electrons. The van der Waals surface area contributed by atoms with Gasteiger partial charge in [-0.1, -0.05) is 102 Å². The number of esters is 1. The summed E-state index contributed by atoms with van der Waals surface area (Å²) in [7, 11) is 0. The highest BCUT2D eigenvalue weighted by Crippen LogP contribution is 2.71. The van der Waals surface area contributed by atoms with Crippen molar-refractivity contribution in [3.05, 3.63) is 135 Å². The van der Waals surface area contributed by atoms with Crippen molar-refractivity contribution in [2.75, 3.05) is 19.1 Å². The summed E-state index contributed by atoms with van der Waals surface area (Å²) in [6.45, 7) is -1.74. The molecule has 0 bridgehead atoms. The minimum absolute atomic E-state index is 0.0903. The monoisotopic (exact) mass is 650 g/mol. The van der Waals surface area contributed by atoms with Gasteiger partial charge < -0.3 is 10.5 Å².